The highest BCUT2D eigenvalue weighted by Crippen LogP contribution is 2.40. The molecular weight excluding hydrogens is 335 g/mol. The van der Waals surface area contributed by atoms with E-state index in [1.807, 2.05) is 0 Å². The van der Waals surface area contributed by atoms with Crippen LogP contribution in [0.15, 0.2) is 30.5 Å². The van der Waals surface area contributed by atoms with Gasteiger partial charge >= 0.3 is 12.2 Å². The molecule has 1 unspecified atom stereocenters. The minimum atomic E-state index is -4.53. The second-order valence-electron chi connectivity index (χ2n) is 6.06. The largest absolute Gasteiger partial charge is 0.433 e. The number of nitrogens with two attached hydrogens (primary N) is 1. The van der Waals surface area contributed by atoms with Crippen LogP contribution in [0, 0.1) is 0 Å². The SMILES string of the molecule is NC(=O)N1c2nc(-c3ccnc(C(F)(F)F)c3)ccc2N2CCC1C2. The Labute approximate surface area is 141 Å². The van der Waals surface area contributed by atoms with Gasteiger partial charge in [0.2, 0.25) is 0 Å². The Kier molecular flexibility index (Phi) is 3.34. The van der Waals surface area contributed by atoms with E-state index in [4.69, 9.17) is 5.73 Å². The van der Waals surface area contributed by atoms with Crippen LogP contribution in [0.1, 0.15) is 12.1 Å². The molecule has 6 nitrogen and oxygen atoms in total. The van der Waals surface area contributed by atoms with E-state index in [-0.39, 0.29) is 11.6 Å². The molecule has 2 aliphatic rings. The molecule has 4 rings (SSSR count). The number of hydrogen-bond donors (Lipinski definition) is 1. The summed E-state index contributed by atoms with van der Waals surface area (Å²) in [4.78, 5) is 23.2. The van der Waals surface area contributed by atoms with Gasteiger partial charge in [0.1, 0.15) is 5.69 Å². The fraction of sp³-hybridized carbons (Fsp3) is 0.312. The van der Waals surface area contributed by atoms with Crippen molar-refractivity contribution in [1.29, 1.82) is 0 Å². The Balaban J connectivity index is 1.81. The zero-order valence-electron chi connectivity index (χ0n) is 13.0. The highest BCUT2D eigenvalue weighted by Gasteiger charge is 2.39. The zero-order valence-corrected chi connectivity index (χ0v) is 13.0. The minimum Gasteiger partial charge on any atom is -0.366 e. The number of urea groups is 1. The summed E-state index contributed by atoms with van der Waals surface area (Å²) in [5.41, 5.74) is 5.90. The summed E-state index contributed by atoms with van der Waals surface area (Å²) >= 11 is 0. The smallest absolute Gasteiger partial charge is 0.366 e. The Morgan fingerprint density at radius 1 is 1.28 bits per heavy atom. The predicted octanol–water partition coefficient (Wildman–Crippen LogP) is 2.64. The topological polar surface area (TPSA) is 75.4 Å². The van der Waals surface area contributed by atoms with Crippen LogP contribution < -0.4 is 15.5 Å². The molecule has 0 aromatic carbocycles. The van der Waals surface area contributed by atoms with E-state index in [0.29, 0.717) is 18.1 Å². The van der Waals surface area contributed by atoms with Crippen LogP contribution in [0.25, 0.3) is 11.3 Å². The minimum absolute atomic E-state index is 0.0593. The van der Waals surface area contributed by atoms with Crippen LogP contribution >= 0.6 is 0 Å². The Morgan fingerprint density at radius 3 is 2.80 bits per heavy atom. The van der Waals surface area contributed by atoms with Gasteiger partial charge in [-0.3, -0.25) is 9.88 Å². The van der Waals surface area contributed by atoms with Gasteiger partial charge in [-0.1, -0.05) is 0 Å². The van der Waals surface area contributed by atoms with E-state index in [0.717, 1.165) is 30.9 Å². The monoisotopic (exact) mass is 349 g/mol. The van der Waals surface area contributed by atoms with E-state index in [9.17, 15) is 18.0 Å². The summed E-state index contributed by atoms with van der Waals surface area (Å²) < 4.78 is 38.6. The highest BCUT2D eigenvalue weighted by molar-refractivity contribution is 5.96. The summed E-state index contributed by atoms with van der Waals surface area (Å²) in [6, 6.07) is 5.14. The maximum Gasteiger partial charge on any atom is 0.433 e. The molecule has 1 atom stereocenters. The second-order valence-corrected chi connectivity index (χ2v) is 6.06. The molecule has 2 aliphatic heterocycles. The lowest BCUT2D eigenvalue weighted by atomic mass is 10.1. The highest BCUT2D eigenvalue weighted by atomic mass is 19.4. The van der Waals surface area contributed by atoms with Crippen molar-refractivity contribution in [1.82, 2.24) is 9.97 Å². The summed E-state index contributed by atoms with van der Waals surface area (Å²) in [6.45, 7) is 1.47. The predicted molar refractivity (Wildman–Crippen MR) is 85.2 cm³/mol. The van der Waals surface area contributed by atoms with Crippen LogP contribution in [-0.4, -0.2) is 35.1 Å². The van der Waals surface area contributed by atoms with Crippen molar-refractivity contribution >= 4 is 17.5 Å². The molecular formula is C16H14F3N5O. The molecule has 2 aromatic rings. The van der Waals surface area contributed by atoms with Gasteiger partial charge in [-0.05, 0) is 30.7 Å². The number of aromatic nitrogens is 2. The number of halogens is 3. The van der Waals surface area contributed by atoms with Crippen molar-refractivity contribution in [2.24, 2.45) is 5.73 Å². The molecule has 0 aliphatic carbocycles. The maximum absolute atomic E-state index is 12.9. The number of hydrogen-bond acceptors (Lipinski definition) is 4. The molecule has 1 fully saturated rings. The third-order valence-corrected chi connectivity index (χ3v) is 4.54. The van der Waals surface area contributed by atoms with E-state index in [2.05, 4.69) is 14.9 Å². The zero-order chi connectivity index (χ0) is 17.8. The molecule has 0 radical (unpaired) electrons. The summed E-state index contributed by atoms with van der Waals surface area (Å²) in [5.74, 6) is 0.393. The number of carbonyl (C=O) groups is 1. The van der Waals surface area contributed by atoms with Crippen LogP contribution in [0.2, 0.25) is 0 Å². The molecule has 2 aromatic heterocycles. The average Bonchev–Trinajstić information content (AvgIpc) is 2.98. The summed E-state index contributed by atoms with van der Waals surface area (Å²) in [5, 5.41) is 0. The number of carbonyl (C=O) groups excluding carboxylic acids is 1. The first kappa shape index (κ1) is 15.7. The lowest BCUT2D eigenvalue weighted by Gasteiger charge is -2.34. The average molecular weight is 349 g/mol. The molecule has 9 heteroatoms. The summed E-state index contributed by atoms with van der Waals surface area (Å²) in [6.07, 6.45) is -2.66. The Hall–Kier alpha value is -2.84. The Bertz CT molecular complexity index is 854. The number of alkyl halides is 3. The Morgan fingerprint density at radius 2 is 2.08 bits per heavy atom. The van der Waals surface area contributed by atoms with Crippen molar-refractivity contribution in [3.63, 3.8) is 0 Å². The number of primary amides is 1. The van der Waals surface area contributed by atoms with E-state index >= 15 is 0 Å². The first-order chi connectivity index (χ1) is 11.8. The lowest BCUT2D eigenvalue weighted by Crippen LogP contribution is -2.48. The first-order valence-corrected chi connectivity index (χ1v) is 7.73. The third kappa shape index (κ3) is 2.55. The molecule has 130 valence electrons. The van der Waals surface area contributed by atoms with Gasteiger partial charge in [0, 0.05) is 24.8 Å². The quantitative estimate of drug-likeness (QED) is 0.859. The molecule has 25 heavy (non-hydrogen) atoms. The number of fused-ring (bicyclic) bond motifs is 4. The van der Waals surface area contributed by atoms with Crippen molar-refractivity contribution < 1.29 is 18.0 Å². The number of amides is 2. The van der Waals surface area contributed by atoms with Crippen molar-refractivity contribution in [3.05, 3.63) is 36.2 Å². The van der Waals surface area contributed by atoms with Crippen LogP contribution in [0.5, 0.6) is 0 Å². The maximum atomic E-state index is 12.9. The van der Waals surface area contributed by atoms with Crippen LogP contribution in [0.4, 0.5) is 29.5 Å². The molecule has 4 heterocycles. The second kappa shape index (κ2) is 5.33. The van der Waals surface area contributed by atoms with E-state index in [1.54, 1.807) is 12.1 Å². The fourth-order valence-corrected chi connectivity index (χ4v) is 3.40. The van der Waals surface area contributed by atoms with Crippen molar-refractivity contribution in [2.75, 3.05) is 22.9 Å². The molecule has 1 saturated heterocycles. The lowest BCUT2D eigenvalue weighted by molar-refractivity contribution is -0.141. The molecule has 2 amide bonds. The molecule has 0 saturated carbocycles. The fourth-order valence-electron chi connectivity index (χ4n) is 3.40. The van der Waals surface area contributed by atoms with Gasteiger partial charge in [0.25, 0.3) is 0 Å². The standard InChI is InChI=1S/C16H14F3N5O/c17-16(18,19)13-7-9(3-5-21-13)11-1-2-12-14(22-11)24(15(20)25)10-4-6-23(12)8-10/h1-3,5,7,10H,4,6,8H2,(H2,20,25). The van der Waals surface area contributed by atoms with Gasteiger partial charge in [0.15, 0.2) is 5.82 Å². The van der Waals surface area contributed by atoms with Gasteiger partial charge in [-0.2, -0.15) is 13.2 Å². The molecule has 2 bridgehead atoms. The molecule has 2 N–H and O–H groups in total. The van der Waals surface area contributed by atoms with Gasteiger partial charge < -0.3 is 10.6 Å². The van der Waals surface area contributed by atoms with Crippen molar-refractivity contribution in [3.8, 4) is 11.3 Å². The van der Waals surface area contributed by atoms with Gasteiger partial charge in [-0.15, -0.1) is 0 Å². The van der Waals surface area contributed by atoms with Crippen LogP contribution in [0.3, 0.4) is 0 Å². The number of rotatable bonds is 1. The van der Waals surface area contributed by atoms with E-state index < -0.39 is 17.9 Å². The van der Waals surface area contributed by atoms with Crippen molar-refractivity contribution in [2.45, 2.75) is 18.6 Å². The van der Waals surface area contributed by atoms with E-state index in [1.165, 1.54) is 11.0 Å². The number of nitrogens with zero attached hydrogens (tertiary/aromatic N) is 4. The first-order valence-electron chi connectivity index (χ1n) is 7.73. The number of anilines is 2. The normalized spacial score (nSPS) is 19.1. The third-order valence-electron chi connectivity index (χ3n) is 4.54. The molecule has 0 spiro atoms. The van der Waals surface area contributed by atoms with Gasteiger partial charge in [0.05, 0.1) is 17.4 Å². The number of pyridine rings is 2. The van der Waals surface area contributed by atoms with Crippen LogP contribution in [-0.2, 0) is 6.18 Å². The van der Waals surface area contributed by atoms with Gasteiger partial charge in [-0.25, -0.2) is 9.78 Å². The summed E-state index contributed by atoms with van der Waals surface area (Å²) in [7, 11) is 0.